The summed E-state index contributed by atoms with van der Waals surface area (Å²) in [6, 6.07) is 6.52. The maximum Gasteiger partial charge on any atom is 0.211 e. The van der Waals surface area contributed by atoms with Gasteiger partial charge in [0.15, 0.2) is 6.19 Å². The van der Waals surface area contributed by atoms with Crippen molar-refractivity contribution in [2.45, 2.75) is 32.2 Å². The molecule has 1 aliphatic heterocycles. The van der Waals surface area contributed by atoms with Gasteiger partial charge in [0.25, 0.3) is 0 Å². The molecule has 0 amide bonds. The minimum Gasteiger partial charge on any atom is -0.508 e. The number of rotatable bonds is 3. The zero-order valence-corrected chi connectivity index (χ0v) is 15.5. The van der Waals surface area contributed by atoms with Crippen molar-refractivity contribution >= 4 is 23.3 Å². The predicted octanol–water partition coefficient (Wildman–Crippen LogP) is 2.28. The first kappa shape index (κ1) is 18.8. The third kappa shape index (κ3) is 3.10. The Morgan fingerprint density at radius 1 is 1.36 bits per heavy atom. The number of phenols is 1. The third-order valence-corrected chi connectivity index (χ3v) is 4.89. The van der Waals surface area contributed by atoms with Gasteiger partial charge in [-0.1, -0.05) is 19.9 Å². The van der Waals surface area contributed by atoms with E-state index in [1.807, 2.05) is 18.2 Å². The molecule has 0 aliphatic carbocycles. The van der Waals surface area contributed by atoms with E-state index in [4.69, 9.17) is 16.7 Å². The minimum atomic E-state index is -0.767. The molecule has 0 saturated heterocycles. The molecule has 142 valence electrons. The third-order valence-electron chi connectivity index (χ3n) is 4.89. The average molecular weight is 376 g/mol. The number of fused-ring (bicyclic) bond motifs is 1. The number of nitrogens with zero attached hydrogens (tertiary/aromatic N) is 4. The summed E-state index contributed by atoms with van der Waals surface area (Å²) in [6.45, 7) is 4.16. The fourth-order valence-corrected chi connectivity index (χ4v) is 3.14. The van der Waals surface area contributed by atoms with E-state index < -0.39 is 6.04 Å². The Morgan fingerprint density at radius 2 is 2.11 bits per heavy atom. The van der Waals surface area contributed by atoms with Crippen molar-refractivity contribution in [3.05, 3.63) is 40.5 Å². The van der Waals surface area contributed by atoms with Gasteiger partial charge in [-0.05, 0) is 30.0 Å². The normalized spacial score (nSPS) is 16.0. The van der Waals surface area contributed by atoms with Gasteiger partial charge in [-0.25, -0.2) is 9.98 Å². The SMILES string of the molecule is CCC(C)c1ccc(O)c(C2N=C(NC#N)Nc3nc(N)c(C#N)c(N)c32)c1. The summed E-state index contributed by atoms with van der Waals surface area (Å²) in [5, 5.41) is 34.2. The number of nitrogen functional groups attached to an aromatic ring is 2. The highest BCUT2D eigenvalue weighted by atomic mass is 16.3. The van der Waals surface area contributed by atoms with Crippen LogP contribution in [0.15, 0.2) is 23.2 Å². The molecule has 1 aromatic heterocycles. The number of aromatic nitrogens is 1. The zero-order valence-electron chi connectivity index (χ0n) is 15.5. The Bertz CT molecular complexity index is 1050. The van der Waals surface area contributed by atoms with E-state index in [0.717, 1.165) is 12.0 Å². The molecule has 9 nitrogen and oxygen atoms in total. The summed E-state index contributed by atoms with van der Waals surface area (Å²) in [5.74, 6) is 0.697. The Balaban J connectivity index is 2.27. The molecule has 2 aromatic rings. The van der Waals surface area contributed by atoms with Crippen molar-refractivity contribution in [3.8, 4) is 18.0 Å². The number of aromatic hydroxyl groups is 1. The number of hydrogen-bond acceptors (Lipinski definition) is 9. The van der Waals surface area contributed by atoms with Crippen LogP contribution in [-0.4, -0.2) is 16.1 Å². The first-order valence-electron chi connectivity index (χ1n) is 8.72. The van der Waals surface area contributed by atoms with E-state index in [1.54, 1.807) is 12.3 Å². The zero-order chi connectivity index (χ0) is 20.4. The number of nitriles is 2. The number of phenolic OH excluding ortho intramolecular Hbond substituents is 1. The van der Waals surface area contributed by atoms with Crippen LogP contribution in [-0.2, 0) is 0 Å². The van der Waals surface area contributed by atoms with Crippen molar-refractivity contribution < 1.29 is 5.11 Å². The second-order valence-electron chi connectivity index (χ2n) is 6.53. The largest absolute Gasteiger partial charge is 0.508 e. The summed E-state index contributed by atoms with van der Waals surface area (Å²) in [5.41, 5.74) is 14.2. The Hall–Kier alpha value is -3.98. The van der Waals surface area contributed by atoms with E-state index in [9.17, 15) is 10.4 Å². The van der Waals surface area contributed by atoms with Gasteiger partial charge in [-0.3, -0.25) is 5.32 Å². The molecule has 0 radical (unpaired) electrons. The topological polar surface area (TPSA) is 169 Å². The van der Waals surface area contributed by atoms with Gasteiger partial charge >= 0.3 is 0 Å². The van der Waals surface area contributed by atoms with Gasteiger partial charge in [0.05, 0.1) is 5.69 Å². The van der Waals surface area contributed by atoms with Gasteiger partial charge < -0.3 is 21.9 Å². The van der Waals surface area contributed by atoms with Crippen LogP contribution < -0.4 is 22.1 Å². The maximum absolute atomic E-state index is 10.5. The first-order valence-corrected chi connectivity index (χ1v) is 8.72. The molecule has 28 heavy (non-hydrogen) atoms. The van der Waals surface area contributed by atoms with Gasteiger partial charge in [-0.15, -0.1) is 0 Å². The Kier molecular flexibility index (Phi) is 4.92. The smallest absolute Gasteiger partial charge is 0.211 e. The number of guanidine groups is 1. The van der Waals surface area contributed by atoms with Crippen LogP contribution in [0.5, 0.6) is 5.75 Å². The molecule has 3 rings (SSSR count). The van der Waals surface area contributed by atoms with Crippen LogP contribution in [0.1, 0.15) is 54.5 Å². The maximum atomic E-state index is 10.5. The summed E-state index contributed by atoms with van der Waals surface area (Å²) >= 11 is 0. The van der Waals surface area contributed by atoms with E-state index in [-0.39, 0.29) is 40.5 Å². The summed E-state index contributed by atoms with van der Waals surface area (Å²) in [7, 11) is 0. The molecule has 0 bridgehead atoms. The lowest BCUT2D eigenvalue weighted by Gasteiger charge is -2.27. The molecule has 2 atom stereocenters. The first-order chi connectivity index (χ1) is 13.4. The predicted molar refractivity (Wildman–Crippen MR) is 106 cm³/mol. The lowest BCUT2D eigenvalue weighted by molar-refractivity contribution is 0.464. The van der Waals surface area contributed by atoms with Crippen LogP contribution in [0.25, 0.3) is 0 Å². The van der Waals surface area contributed by atoms with Crippen LogP contribution in [0.4, 0.5) is 17.3 Å². The fourth-order valence-electron chi connectivity index (χ4n) is 3.14. The van der Waals surface area contributed by atoms with Crippen molar-refractivity contribution in [1.82, 2.24) is 10.3 Å². The van der Waals surface area contributed by atoms with Crippen molar-refractivity contribution in [1.29, 1.82) is 10.5 Å². The van der Waals surface area contributed by atoms with Gasteiger partial charge in [-0.2, -0.15) is 10.5 Å². The van der Waals surface area contributed by atoms with Crippen LogP contribution in [0, 0.1) is 22.8 Å². The quantitative estimate of drug-likeness (QED) is 0.401. The van der Waals surface area contributed by atoms with Crippen molar-refractivity contribution in [3.63, 3.8) is 0 Å². The van der Waals surface area contributed by atoms with Crippen molar-refractivity contribution in [2.75, 3.05) is 16.8 Å². The molecular weight excluding hydrogens is 356 g/mol. The molecule has 2 heterocycles. The number of benzene rings is 1. The fraction of sp³-hybridized carbons (Fsp3) is 0.263. The number of nitrogens with two attached hydrogens (primary N) is 2. The molecular formula is C19H20N8O. The molecule has 9 heteroatoms. The van der Waals surface area contributed by atoms with Crippen molar-refractivity contribution in [2.24, 2.45) is 4.99 Å². The summed E-state index contributed by atoms with van der Waals surface area (Å²) in [6.07, 6.45) is 2.72. The lowest BCUT2D eigenvalue weighted by Crippen LogP contribution is -2.32. The van der Waals surface area contributed by atoms with Crippen LogP contribution >= 0.6 is 0 Å². The van der Waals surface area contributed by atoms with Gasteiger partial charge in [0.2, 0.25) is 5.96 Å². The molecule has 1 aromatic carbocycles. The highest BCUT2D eigenvalue weighted by Gasteiger charge is 2.31. The lowest BCUT2D eigenvalue weighted by atomic mass is 9.90. The standard InChI is InChI=1S/C19H20N8O/c1-3-9(2)10-4-5-13(28)11(6-10)16-14-15(22)12(7-20)17(23)26-18(14)27-19(25-16)24-8-21/h4-6,9,16,28H,3H2,1-2H3,(H6,22,23,24,25,26,27). The molecule has 7 N–H and O–H groups in total. The Morgan fingerprint density at radius 3 is 2.75 bits per heavy atom. The summed E-state index contributed by atoms with van der Waals surface area (Å²) < 4.78 is 0. The highest BCUT2D eigenvalue weighted by molar-refractivity contribution is 5.98. The van der Waals surface area contributed by atoms with Crippen LogP contribution in [0.3, 0.4) is 0 Å². The Labute approximate surface area is 162 Å². The van der Waals surface area contributed by atoms with E-state index >= 15 is 0 Å². The van der Waals surface area contributed by atoms with E-state index in [2.05, 4.69) is 34.5 Å². The summed E-state index contributed by atoms with van der Waals surface area (Å²) in [4.78, 5) is 8.69. The molecule has 2 unspecified atom stereocenters. The molecule has 0 saturated carbocycles. The minimum absolute atomic E-state index is 0.0271. The second kappa shape index (κ2) is 7.33. The van der Waals surface area contributed by atoms with Gasteiger partial charge in [0.1, 0.15) is 35.1 Å². The van der Waals surface area contributed by atoms with E-state index in [1.165, 1.54) is 0 Å². The number of pyridine rings is 1. The number of nitrogens with one attached hydrogen (secondary N) is 2. The number of anilines is 3. The average Bonchev–Trinajstić information content (AvgIpc) is 2.67. The highest BCUT2D eigenvalue weighted by Crippen LogP contribution is 2.43. The molecule has 0 fully saturated rings. The monoisotopic (exact) mass is 376 g/mol. The van der Waals surface area contributed by atoms with Gasteiger partial charge in [0, 0.05) is 11.1 Å². The molecule has 0 spiro atoms. The van der Waals surface area contributed by atoms with Crippen LogP contribution in [0.2, 0.25) is 0 Å². The number of hydrogen-bond donors (Lipinski definition) is 5. The number of aliphatic imine (C=N–C) groups is 1. The molecule has 1 aliphatic rings. The second-order valence-corrected chi connectivity index (χ2v) is 6.53. The van der Waals surface area contributed by atoms with E-state index in [0.29, 0.717) is 11.1 Å².